The number of aromatic nitrogens is 1. The standard InChI is InChI=1S/C18H17ClN4O2/c19-14-4-2-1-3-12(14)15-7-11-9-21-16(22-17(24)10-5-6-10)8-13(11)18(25)23(15)20/h1-4,7-10,16,21H,5-6,20H2,(H,22,24). The number of carbonyl (C=O) groups excluding carboxylic acids is 1. The molecule has 1 aliphatic carbocycles. The number of halogens is 1. The molecule has 4 rings (SSSR count). The predicted molar refractivity (Wildman–Crippen MR) is 97.3 cm³/mol. The topological polar surface area (TPSA) is 89.2 Å². The Morgan fingerprint density at radius 2 is 2.08 bits per heavy atom. The normalized spacial score (nSPS) is 18.4. The van der Waals surface area contributed by atoms with Crippen molar-refractivity contribution >= 4 is 29.8 Å². The summed E-state index contributed by atoms with van der Waals surface area (Å²) in [4.78, 5) is 24.6. The number of nitrogens with zero attached hydrogens (tertiary/aromatic N) is 1. The van der Waals surface area contributed by atoms with Gasteiger partial charge in [-0.1, -0.05) is 29.8 Å². The Bertz CT molecular complexity index is 1040. The summed E-state index contributed by atoms with van der Waals surface area (Å²) >= 11 is 6.23. The van der Waals surface area contributed by atoms with Gasteiger partial charge in [-0.05, 0) is 31.1 Å². The molecular formula is C18H17ClN4O2. The molecule has 1 amide bonds. The van der Waals surface area contributed by atoms with Gasteiger partial charge < -0.3 is 16.5 Å². The lowest BCUT2D eigenvalue weighted by Gasteiger charge is -2.19. The van der Waals surface area contributed by atoms with E-state index in [0.29, 0.717) is 26.7 Å². The van der Waals surface area contributed by atoms with Gasteiger partial charge in [-0.25, -0.2) is 4.68 Å². The fourth-order valence-corrected chi connectivity index (χ4v) is 3.15. The van der Waals surface area contributed by atoms with Crippen LogP contribution >= 0.6 is 11.6 Å². The molecule has 1 aromatic carbocycles. The molecule has 1 atom stereocenters. The summed E-state index contributed by atoms with van der Waals surface area (Å²) in [5, 5.41) is 7.65. The molecule has 1 aliphatic heterocycles. The van der Waals surface area contributed by atoms with Crippen molar-refractivity contribution in [1.82, 2.24) is 15.3 Å². The molecular weight excluding hydrogens is 340 g/mol. The molecule has 1 fully saturated rings. The molecule has 1 saturated carbocycles. The maximum absolute atomic E-state index is 12.7. The molecule has 25 heavy (non-hydrogen) atoms. The van der Waals surface area contributed by atoms with Gasteiger partial charge in [0.1, 0.15) is 6.17 Å². The van der Waals surface area contributed by atoms with Gasteiger partial charge in [0.05, 0.1) is 10.9 Å². The van der Waals surface area contributed by atoms with E-state index >= 15 is 0 Å². The SMILES string of the molecule is Nn1c(-c2ccccc2Cl)cc2c(c1=O)=CC(NC(=O)C1CC1)NC=2. The molecule has 6 nitrogen and oxygen atoms in total. The zero-order valence-corrected chi connectivity index (χ0v) is 14.1. The quantitative estimate of drug-likeness (QED) is 0.668. The lowest BCUT2D eigenvalue weighted by molar-refractivity contribution is -0.122. The summed E-state index contributed by atoms with van der Waals surface area (Å²) in [6, 6.07) is 9.02. The van der Waals surface area contributed by atoms with Crippen molar-refractivity contribution in [3.8, 4) is 11.3 Å². The van der Waals surface area contributed by atoms with E-state index in [1.54, 1.807) is 24.4 Å². The van der Waals surface area contributed by atoms with Crippen molar-refractivity contribution in [2.45, 2.75) is 19.0 Å². The van der Waals surface area contributed by atoms with E-state index in [1.807, 2.05) is 18.2 Å². The molecule has 2 aromatic rings. The molecule has 2 heterocycles. The van der Waals surface area contributed by atoms with E-state index in [0.717, 1.165) is 17.5 Å². The van der Waals surface area contributed by atoms with Gasteiger partial charge >= 0.3 is 0 Å². The first-order valence-corrected chi connectivity index (χ1v) is 8.47. The minimum absolute atomic E-state index is 0.00589. The number of benzene rings is 1. The Kier molecular flexibility index (Phi) is 3.77. The van der Waals surface area contributed by atoms with Crippen LogP contribution in [-0.4, -0.2) is 16.7 Å². The fourth-order valence-electron chi connectivity index (χ4n) is 2.91. The van der Waals surface area contributed by atoms with Gasteiger partial charge in [0.25, 0.3) is 5.56 Å². The van der Waals surface area contributed by atoms with Crippen molar-refractivity contribution in [3.63, 3.8) is 0 Å². The number of pyridine rings is 1. The van der Waals surface area contributed by atoms with Gasteiger partial charge in [0.15, 0.2) is 0 Å². The molecule has 1 aromatic heterocycles. The number of rotatable bonds is 3. The predicted octanol–water partition coefficient (Wildman–Crippen LogP) is -0.144. The largest absolute Gasteiger partial charge is 0.368 e. The number of nitrogens with two attached hydrogens (primary N) is 1. The second-order valence-electron chi connectivity index (χ2n) is 6.29. The van der Waals surface area contributed by atoms with Crippen LogP contribution in [0.4, 0.5) is 0 Å². The van der Waals surface area contributed by atoms with Gasteiger partial charge in [0.2, 0.25) is 5.91 Å². The molecule has 128 valence electrons. The first-order chi connectivity index (χ1) is 12.0. The number of fused-ring (bicyclic) bond motifs is 1. The van der Waals surface area contributed by atoms with Crippen molar-refractivity contribution in [2.75, 3.05) is 5.84 Å². The smallest absolute Gasteiger partial charge is 0.276 e. The van der Waals surface area contributed by atoms with E-state index in [-0.39, 0.29) is 17.4 Å². The molecule has 1 unspecified atom stereocenters. The van der Waals surface area contributed by atoms with Crippen LogP contribution in [-0.2, 0) is 4.79 Å². The van der Waals surface area contributed by atoms with Gasteiger partial charge in [0, 0.05) is 27.9 Å². The average Bonchev–Trinajstić information content (AvgIpc) is 3.44. The monoisotopic (exact) mass is 356 g/mol. The summed E-state index contributed by atoms with van der Waals surface area (Å²) in [5.41, 5.74) is 0.876. The zero-order chi connectivity index (χ0) is 17.6. The lowest BCUT2D eigenvalue weighted by atomic mass is 10.1. The van der Waals surface area contributed by atoms with Crippen LogP contribution in [0.25, 0.3) is 23.5 Å². The molecule has 0 bridgehead atoms. The second-order valence-corrected chi connectivity index (χ2v) is 6.70. The highest BCUT2D eigenvalue weighted by Crippen LogP contribution is 2.28. The van der Waals surface area contributed by atoms with Crippen LogP contribution in [0.1, 0.15) is 12.8 Å². The molecule has 7 heteroatoms. The minimum atomic E-state index is -0.417. The Morgan fingerprint density at radius 3 is 2.80 bits per heavy atom. The van der Waals surface area contributed by atoms with Crippen molar-refractivity contribution < 1.29 is 4.79 Å². The number of carbonyl (C=O) groups is 1. The third kappa shape index (κ3) is 2.89. The van der Waals surface area contributed by atoms with E-state index in [1.165, 1.54) is 0 Å². The van der Waals surface area contributed by atoms with Crippen molar-refractivity contribution in [1.29, 1.82) is 0 Å². The highest BCUT2D eigenvalue weighted by Gasteiger charge is 2.30. The average molecular weight is 357 g/mol. The number of nitrogens with one attached hydrogen (secondary N) is 2. The Morgan fingerprint density at radius 1 is 1.32 bits per heavy atom. The van der Waals surface area contributed by atoms with Crippen LogP contribution in [0.2, 0.25) is 5.02 Å². The van der Waals surface area contributed by atoms with E-state index in [2.05, 4.69) is 10.6 Å². The summed E-state index contributed by atoms with van der Waals surface area (Å²) in [6.07, 6.45) is 4.84. The summed E-state index contributed by atoms with van der Waals surface area (Å²) in [7, 11) is 0. The van der Waals surface area contributed by atoms with Gasteiger partial charge in [-0.3, -0.25) is 9.59 Å². The van der Waals surface area contributed by atoms with Gasteiger partial charge in [-0.15, -0.1) is 0 Å². The molecule has 0 spiro atoms. The highest BCUT2D eigenvalue weighted by molar-refractivity contribution is 6.33. The van der Waals surface area contributed by atoms with Crippen LogP contribution < -0.4 is 32.5 Å². The first-order valence-electron chi connectivity index (χ1n) is 8.09. The highest BCUT2D eigenvalue weighted by atomic mass is 35.5. The van der Waals surface area contributed by atoms with Gasteiger partial charge in [-0.2, -0.15) is 0 Å². The molecule has 4 N–H and O–H groups in total. The Labute approximate surface area is 148 Å². The minimum Gasteiger partial charge on any atom is -0.368 e. The van der Waals surface area contributed by atoms with Crippen LogP contribution in [0, 0.1) is 5.92 Å². The third-order valence-electron chi connectivity index (χ3n) is 4.46. The van der Waals surface area contributed by atoms with Crippen molar-refractivity contribution in [2.24, 2.45) is 5.92 Å². The number of hydrogen-bond acceptors (Lipinski definition) is 4. The summed E-state index contributed by atoms with van der Waals surface area (Å²) in [6.45, 7) is 0. The van der Waals surface area contributed by atoms with E-state index < -0.39 is 6.17 Å². The van der Waals surface area contributed by atoms with E-state index in [9.17, 15) is 9.59 Å². The summed E-state index contributed by atoms with van der Waals surface area (Å²) in [5.74, 6) is 6.12. The van der Waals surface area contributed by atoms with Crippen LogP contribution in [0.5, 0.6) is 0 Å². The lowest BCUT2D eigenvalue weighted by Crippen LogP contribution is -2.55. The van der Waals surface area contributed by atoms with Crippen LogP contribution in [0.15, 0.2) is 35.1 Å². The van der Waals surface area contributed by atoms with Crippen molar-refractivity contribution in [3.05, 3.63) is 56.1 Å². The molecule has 0 saturated heterocycles. The number of nitrogen functional groups attached to an aromatic ring is 1. The van der Waals surface area contributed by atoms with Crippen LogP contribution in [0.3, 0.4) is 0 Å². The first kappa shape index (κ1) is 15.8. The maximum Gasteiger partial charge on any atom is 0.276 e. The third-order valence-corrected chi connectivity index (χ3v) is 4.79. The Balaban J connectivity index is 1.78. The van der Waals surface area contributed by atoms with E-state index in [4.69, 9.17) is 17.4 Å². The maximum atomic E-state index is 12.7. The zero-order valence-electron chi connectivity index (χ0n) is 13.3. The number of hydrogen-bond donors (Lipinski definition) is 3. The fraction of sp³-hybridized carbons (Fsp3) is 0.222. The summed E-state index contributed by atoms with van der Waals surface area (Å²) < 4.78 is 1.09. The Hall–Kier alpha value is -2.73. The molecule has 0 radical (unpaired) electrons. The molecule has 2 aliphatic rings. The second kappa shape index (κ2) is 5.97. The number of amides is 1.